The molecule has 1 aliphatic rings. The minimum atomic E-state index is -0.437. The predicted molar refractivity (Wildman–Crippen MR) is 83.1 cm³/mol. The number of carbonyl (C=O) groups is 1. The van der Waals surface area contributed by atoms with Crippen molar-refractivity contribution < 1.29 is 14.5 Å². The number of likely N-dealkylation sites (N-methyl/N-ethyl adjacent to an activating group) is 1. The summed E-state index contributed by atoms with van der Waals surface area (Å²) in [6.45, 7) is 2.94. The smallest absolute Gasteiger partial charge is 0.321 e. The maximum atomic E-state index is 12.1. The van der Waals surface area contributed by atoms with E-state index in [9.17, 15) is 14.9 Å². The highest BCUT2D eigenvalue weighted by molar-refractivity contribution is 5.89. The van der Waals surface area contributed by atoms with Crippen LogP contribution in [0.1, 0.15) is 24.8 Å². The van der Waals surface area contributed by atoms with Gasteiger partial charge < -0.3 is 15.0 Å². The minimum Gasteiger partial charge on any atom is -0.376 e. The number of nitrogens with zero attached hydrogens (tertiary/aromatic N) is 2. The first kappa shape index (κ1) is 16.2. The van der Waals surface area contributed by atoms with Gasteiger partial charge in [-0.2, -0.15) is 0 Å². The van der Waals surface area contributed by atoms with Gasteiger partial charge in [-0.1, -0.05) is 0 Å². The van der Waals surface area contributed by atoms with Crippen LogP contribution in [0, 0.1) is 17.0 Å². The number of hydrogen-bond donors (Lipinski definition) is 1. The lowest BCUT2D eigenvalue weighted by Crippen LogP contribution is -2.39. The summed E-state index contributed by atoms with van der Waals surface area (Å²) in [6.07, 6.45) is 3.26. The molecule has 2 amide bonds. The second kappa shape index (κ2) is 7.22. The van der Waals surface area contributed by atoms with Gasteiger partial charge in [-0.05, 0) is 38.3 Å². The highest BCUT2D eigenvalue weighted by atomic mass is 16.6. The molecule has 1 fully saturated rings. The number of rotatable bonds is 4. The van der Waals surface area contributed by atoms with Crippen LogP contribution in [0.5, 0.6) is 0 Å². The molecule has 7 heteroatoms. The second-order valence-electron chi connectivity index (χ2n) is 5.56. The van der Waals surface area contributed by atoms with E-state index in [0.717, 1.165) is 25.9 Å². The van der Waals surface area contributed by atoms with Gasteiger partial charge in [0, 0.05) is 37.5 Å². The summed E-state index contributed by atoms with van der Waals surface area (Å²) in [6, 6.07) is 4.28. The summed E-state index contributed by atoms with van der Waals surface area (Å²) in [5, 5.41) is 13.5. The molecule has 1 N–H and O–H groups in total. The number of amides is 2. The molecule has 1 aliphatic heterocycles. The number of nitrogens with one attached hydrogen (secondary N) is 1. The molecule has 7 nitrogen and oxygen atoms in total. The first-order chi connectivity index (χ1) is 10.5. The Morgan fingerprint density at radius 1 is 1.50 bits per heavy atom. The molecular weight excluding hydrogens is 286 g/mol. The van der Waals surface area contributed by atoms with Crippen molar-refractivity contribution in [3.63, 3.8) is 0 Å². The summed E-state index contributed by atoms with van der Waals surface area (Å²) in [5.74, 6) is 0. The van der Waals surface area contributed by atoms with Crippen LogP contribution in [0.4, 0.5) is 16.2 Å². The van der Waals surface area contributed by atoms with Crippen LogP contribution in [-0.2, 0) is 4.74 Å². The van der Waals surface area contributed by atoms with E-state index in [1.165, 1.54) is 12.1 Å². The first-order valence-electron chi connectivity index (χ1n) is 7.36. The maximum absolute atomic E-state index is 12.1. The van der Waals surface area contributed by atoms with E-state index in [-0.39, 0.29) is 17.8 Å². The lowest BCUT2D eigenvalue weighted by atomic mass is 10.1. The fourth-order valence-electron chi connectivity index (χ4n) is 2.50. The van der Waals surface area contributed by atoms with E-state index in [1.807, 2.05) is 0 Å². The number of hydrogen-bond acceptors (Lipinski definition) is 4. The van der Waals surface area contributed by atoms with E-state index >= 15 is 0 Å². The molecular formula is C15H21N3O4. The highest BCUT2D eigenvalue weighted by Crippen LogP contribution is 2.22. The zero-order chi connectivity index (χ0) is 16.1. The third-order valence-electron chi connectivity index (χ3n) is 3.74. The summed E-state index contributed by atoms with van der Waals surface area (Å²) in [5.41, 5.74) is 1.10. The van der Waals surface area contributed by atoms with Gasteiger partial charge in [0.25, 0.3) is 5.69 Å². The van der Waals surface area contributed by atoms with E-state index in [0.29, 0.717) is 17.8 Å². The van der Waals surface area contributed by atoms with Crippen molar-refractivity contribution in [2.24, 2.45) is 0 Å². The molecule has 1 saturated heterocycles. The van der Waals surface area contributed by atoms with Crippen molar-refractivity contribution in [2.45, 2.75) is 32.3 Å². The first-order valence-corrected chi connectivity index (χ1v) is 7.36. The zero-order valence-corrected chi connectivity index (χ0v) is 12.9. The standard InChI is InChI=1S/C15H21N3O4/c1-11-9-12(6-7-14(11)18(20)21)16-15(19)17(2)10-13-5-3-4-8-22-13/h6-7,9,13H,3-5,8,10H2,1-2H3,(H,16,19)/t13-/m1/s1. The molecule has 22 heavy (non-hydrogen) atoms. The molecule has 0 aliphatic carbocycles. The van der Waals surface area contributed by atoms with Gasteiger partial charge in [-0.25, -0.2) is 4.79 Å². The third-order valence-corrected chi connectivity index (χ3v) is 3.74. The topological polar surface area (TPSA) is 84.7 Å². The molecule has 1 heterocycles. The molecule has 1 aromatic rings. The van der Waals surface area contributed by atoms with Crippen LogP contribution in [0.15, 0.2) is 18.2 Å². The summed E-state index contributed by atoms with van der Waals surface area (Å²) in [7, 11) is 1.71. The van der Waals surface area contributed by atoms with Gasteiger partial charge in [0.15, 0.2) is 0 Å². The van der Waals surface area contributed by atoms with Crippen LogP contribution in [0.25, 0.3) is 0 Å². The van der Waals surface area contributed by atoms with Gasteiger partial charge in [-0.3, -0.25) is 10.1 Å². The molecule has 1 aromatic carbocycles. The van der Waals surface area contributed by atoms with Crippen LogP contribution >= 0.6 is 0 Å². The van der Waals surface area contributed by atoms with Crippen LogP contribution in [0.3, 0.4) is 0 Å². The fraction of sp³-hybridized carbons (Fsp3) is 0.533. The largest absolute Gasteiger partial charge is 0.376 e. The molecule has 0 spiro atoms. The average molecular weight is 307 g/mol. The molecule has 0 aromatic heterocycles. The van der Waals surface area contributed by atoms with Gasteiger partial charge >= 0.3 is 6.03 Å². The Labute approximate surface area is 129 Å². The Hall–Kier alpha value is -2.15. The number of aryl methyl sites for hydroxylation is 1. The number of nitro benzene ring substituents is 1. The van der Waals surface area contributed by atoms with Crippen LogP contribution in [-0.4, -0.2) is 42.2 Å². The van der Waals surface area contributed by atoms with Crippen LogP contribution in [0.2, 0.25) is 0 Å². The molecule has 0 unspecified atom stereocenters. The monoisotopic (exact) mass is 307 g/mol. The molecule has 120 valence electrons. The van der Waals surface area contributed by atoms with Crippen molar-refractivity contribution in [1.29, 1.82) is 0 Å². The lowest BCUT2D eigenvalue weighted by molar-refractivity contribution is -0.385. The van der Waals surface area contributed by atoms with Gasteiger partial charge in [0.1, 0.15) is 0 Å². The Balaban J connectivity index is 1.93. The summed E-state index contributed by atoms with van der Waals surface area (Å²) < 4.78 is 5.61. The van der Waals surface area contributed by atoms with Gasteiger partial charge in [-0.15, -0.1) is 0 Å². The second-order valence-corrected chi connectivity index (χ2v) is 5.56. The highest BCUT2D eigenvalue weighted by Gasteiger charge is 2.19. The van der Waals surface area contributed by atoms with Crippen molar-refractivity contribution in [3.05, 3.63) is 33.9 Å². The van der Waals surface area contributed by atoms with Gasteiger partial charge in [0.2, 0.25) is 0 Å². The summed E-state index contributed by atoms with van der Waals surface area (Å²) in [4.78, 5) is 24.1. The van der Waals surface area contributed by atoms with E-state index < -0.39 is 4.92 Å². The zero-order valence-electron chi connectivity index (χ0n) is 12.9. The predicted octanol–water partition coefficient (Wildman–Crippen LogP) is 2.94. The lowest BCUT2D eigenvalue weighted by Gasteiger charge is -2.27. The van der Waals surface area contributed by atoms with Crippen molar-refractivity contribution in [1.82, 2.24) is 4.90 Å². The molecule has 0 bridgehead atoms. The van der Waals surface area contributed by atoms with Crippen LogP contribution < -0.4 is 5.32 Å². The Morgan fingerprint density at radius 3 is 2.86 bits per heavy atom. The molecule has 2 rings (SSSR count). The number of ether oxygens (including phenoxy) is 1. The Bertz CT molecular complexity index is 556. The summed E-state index contributed by atoms with van der Waals surface area (Å²) >= 11 is 0. The normalized spacial score (nSPS) is 17.8. The third kappa shape index (κ3) is 4.17. The van der Waals surface area contributed by atoms with Gasteiger partial charge in [0.05, 0.1) is 11.0 Å². The number of anilines is 1. The van der Waals surface area contributed by atoms with E-state index in [2.05, 4.69) is 5.32 Å². The fourth-order valence-corrected chi connectivity index (χ4v) is 2.50. The van der Waals surface area contributed by atoms with Crippen molar-refractivity contribution in [3.8, 4) is 0 Å². The SMILES string of the molecule is Cc1cc(NC(=O)N(C)C[C@H]2CCCCO2)ccc1[N+](=O)[O-]. The number of nitro groups is 1. The number of urea groups is 1. The van der Waals surface area contributed by atoms with E-state index in [1.54, 1.807) is 24.9 Å². The number of benzene rings is 1. The van der Waals surface area contributed by atoms with E-state index in [4.69, 9.17) is 4.74 Å². The molecule has 0 saturated carbocycles. The van der Waals surface area contributed by atoms with Crippen molar-refractivity contribution >= 4 is 17.4 Å². The maximum Gasteiger partial charge on any atom is 0.321 e. The Morgan fingerprint density at radius 2 is 2.27 bits per heavy atom. The Kier molecular flexibility index (Phi) is 5.32. The number of carbonyl (C=O) groups excluding carboxylic acids is 1. The quantitative estimate of drug-likeness (QED) is 0.684. The average Bonchev–Trinajstić information content (AvgIpc) is 2.47. The molecule has 1 atom stereocenters. The van der Waals surface area contributed by atoms with Crippen molar-refractivity contribution in [2.75, 3.05) is 25.5 Å². The molecule has 0 radical (unpaired) electrons. The minimum absolute atomic E-state index is 0.0435.